The van der Waals surface area contributed by atoms with Gasteiger partial charge in [0.2, 0.25) is 0 Å². The van der Waals surface area contributed by atoms with E-state index in [0.29, 0.717) is 3.63 Å². The summed E-state index contributed by atoms with van der Waals surface area (Å²) in [4.78, 5) is 1.45. The summed E-state index contributed by atoms with van der Waals surface area (Å²) >= 11 is 7.14. The van der Waals surface area contributed by atoms with Gasteiger partial charge in [0.05, 0.1) is 0 Å². The van der Waals surface area contributed by atoms with E-state index >= 15 is 0 Å². The Hall–Kier alpha value is 0.633. The van der Waals surface area contributed by atoms with Crippen LogP contribution in [0.3, 0.4) is 0 Å². The number of halogens is 4. The van der Waals surface area contributed by atoms with Crippen molar-refractivity contribution < 1.29 is 61.9 Å². The van der Waals surface area contributed by atoms with Gasteiger partial charge in [-0.05, 0) is 0 Å². The number of allylic oxidation sites excluding steroid dienone is 5. The van der Waals surface area contributed by atoms with Crippen LogP contribution < -0.4 is 37.2 Å². The average Bonchev–Trinajstić information content (AvgIpc) is 2.90. The molecule has 6 heteroatoms. The number of thiophene rings is 1. The van der Waals surface area contributed by atoms with Crippen molar-refractivity contribution in [3.63, 3.8) is 0 Å². The molecular weight excluding hydrogens is 490 g/mol. The van der Waals surface area contributed by atoms with E-state index in [4.69, 9.17) is 0 Å². The Bertz CT molecular complexity index is 776. The van der Waals surface area contributed by atoms with Gasteiger partial charge >= 0.3 is 134 Å². The topological polar surface area (TPSA) is 0 Å². The van der Waals surface area contributed by atoms with Crippen LogP contribution in [-0.4, -0.2) is 0 Å². The Labute approximate surface area is 170 Å². The molecule has 1 aromatic carbocycles. The Balaban J connectivity index is 0.000000735. The van der Waals surface area contributed by atoms with Crippen LogP contribution in [0, 0.1) is 0 Å². The smallest absolute Gasteiger partial charge is 1.00 e. The summed E-state index contributed by atoms with van der Waals surface area (Å²) in [5, 5.41) is 1.40. The van der Waals surface area contributed by atoms with E-state index < -0.39 is 0 Å². The Morgan fingerprint density at radius 2 is 1.76 bits per heavy atom. The fourth-order valence-corrected chi connectivity index (χ4v) is 5.02. The minimum Gasteiger partial charge on any atom is -1.00 e. The molecule has 2 aromatic rings. The summed E-state index contributed by atoms with van der Waals surface area (Å²) in [6.07, 6.45) is 6.87. The second kappa shape index (κ2) is 7.47. The zero-order valence-electron chi connectivity index (χ0n) is 10.5. The van der Waals surface area contributed by atoms with E-state index in [1.165, 1.54) is 36.2 Å². The molecular formula is C15H8BrCl3SZr. The minimum absolute atomic E-state index is 0. The molecule has 0 spiro atoms. The number of hydrogen-bond donors (Lipinski definition) is 0. The van der Waals surface area contributed by atoms with Crippen molar-refractivity contribution in [2.75, 3.05) is 0 Å². The number of fused-ring (bicyclic) bond motifs is 5. The third kappa shape index (κ3) is 3.03. The summed E-state index contributed by atoms with van der Waals surface area (Å²) in [7, 11) is 0. The molecule has 1 unspecified atom stereocenters. The monoisotopic (exact) mass is 494 g/mol. The minimum atomic E-state index is 0. The van der Waals surface area contributed by atoms with Gasteiger partial charge in [-0.3, -0.25) is 0 Å². The molecule has 106 valence electrons. The van der Waals surface area contributed by atoms with Gasteiger partial charge in [0.1, 0.15) is 0 Å². The summed E-state index contributed by atoms with van der Waals surface area (Å²) in [6.45, 7) is 0. The molecule has 0 fully saturated rings. The molecule has 0 amide bonds. The van der Waals surface area contributed by atoms with E-state index in [-0.39, 0.29) is 37.2 Å². The molecule has 2 aliphatic rings. The molecule has 0 saturated carbocycles. The van der Waals surface area contributed by atoms with Gasteiger partial charge in [0, 0.05) is 0 Å². The predicted octanol–water partition coefficient (Wildman–Crippen LogP) is -3.68. The maximum absolute atomic E-state index is 3.67. The first-order valence-corrected chi connectivity index (χ1v) is 8.81. The Morgan fingerprint density at radius 1 is 1.05 bits per heavy atom. The van der Waals surface area contributed by atoms with Crippen LogP contribution in [-0.2, 0) is 24.7 Å². The van der Waals surface area contributed by atoms with Crippen molar-refractivity contribution in [1.82, 2.24) is 0 Å². The normalized spacial score (nSPS) is 18.2. The molecule has 0 bridgehead atoms. The van der Waals surface area contributed by atoms with Gasteiger partial charge in [0.25, 0.3) is 0 Å². The molecule has 0 aliphatic heterocycles. The van der Waals surface area contributed by atoms with Crippen molar-refractivity contribution in [2.45, 2.75) is 3.63 Å². The average molecular weight is 498 g/mol. The Morgan fingerprint density at radius 3 is 2.52 bits per heavy atom. The number of benzene rings is 1. The van der Waals surface area contributed by atoms with Gasteiger partial charge < -0.3 is 37.2 Å². The summed E-state index contributed by atoms with van der Waals surface area (Å²) in [5.41, 5.74) is 4.37. The quantitative estimate of drug-likeness (QED) is 0.352. The maximum Gasteiger partial charge on any atom is -1.00 e. The first-order chi connectivity index (χ1) is 8.75. The molecule has 0 saturated heterocycles. The molecule has 0 nitrogen and oxygen atoms in total. The van der Waals surface area contributed by atoms with Crippen LogP contribution in [0.1, 0.15) is 10.4 Å². The second-order valence-electron chi connectivity index (χ2n) is 4.51. The van der Waals surface area contributed by atoms with Crippen molar-refractivity contribution in [1.29, 1.82) is 0 Å². The zero-order chi connectivity index (χ0) is 12.3. The first-order valence-electron chi connectivity index (χ1n) is 5.78. The second-order valence-corrected chi connectivity index (χ2v) is 7.89. The Kier molecular flexibility index (Phi) is 7.00. The summed E-state index contributed by atoms with van der Waals surface area (Å²) in [5.74, 6) is 0. The third-order valence-corrected chi connectivity index (χ3v) is 8.00. The van der Waals surface area contributed by atoms with Crippen molar-refractivity contribution >= 4 is 49.0 Å². The number of rotatable bonds is 0. The van der Waals surface area contributed by atoms with Crippen molar-refractivity contribution in [2.24, 2.45) is 0 Å². The van der Waals surface area contributed by atoms with Gasteiger partial charge in [-0.15, -0.1) is 0 Å². The van der Waals surface area contributed by atoms with E-state index in [2.05, 4.69) is 58.4 Å². The summed E-state index contributed by atoms with van der Waals surface area (Å²) in [6, 6.07) is 8.71. The molecule has 4 rings (SSSR count). The van der Waals surface area contributed by atoms with Crippen molar-refractivity contribution in [3.05, 3.63) is 56.9 Å². The van der Waals surface area contributed by atoms with Crippen LogP contribution in [0.25, 0.3) is 21.7 Å². The molecule has 21 heavy (non-hydrogen) atoms. The van der Waals surface area contributed by atoms with E-state index in [0.717, 1.165) is 0 Å². The molecule has 2 aliphatic carbocycles. The molecule has 1 aromatic heterocycles. The fourth-order valence-electron chi connectivity index (χ4n) is 2.59. The zero-order valence-corrected chi connectivity index (χ0v) is 17.7. The first kappa shape index (κ1) is 19.7. The summed E-state index contributed by atoms with van der Waals surface area (Å²) < 4.78 is 3.28. The van der Waals surface area contributed by atoms with Gasteiger partial charge in [-0.1, -0.05) is 0 Å². The van der Waals surface area contributed by atoms with Gasteiger partial charge in [0.15, 0.2) is 0 Å². The van der Waals surface area contributed by atoms with E-state index in [9.17, 15) is 0 Å². The van der Waals surface area contributed by atoms with Crippen LogP contribution in [0.15, 0.2) is 46.5 Å². The predicted molar refractivity (Wildman–Crippen MR) is 78.5 cm³/mol. The SMILES string of the molecule is BrC1=CC=C2C(=Cc3c2sc2ccccc32)[CH]1[Zr+3].[Cl-].[Cl-].[Cl-]. The van der Waals surface area contributed by atoms with E-state index in [1.807, 2.05) is 11.3 Å². The number of hydrogen-bond acceptors (Lipinski definition) is 1. The van der Waals surface area contributed by atoms with Gasteiger partial charge in [-0.25, -0.2) is 0 Å². The van der Waals surface area contributed by atoms with E-state index in [1.54, 1.807) is 24.7 Å². The van der Waals surface area contributed by atoms with Crippen molar-refractivity contribution in [3.8, 4) is 0 Å². The standard InChI is InChI=1S/C15H8BrS.3ClH.Zr/c16-10-5-6-11-9(7-10)8-13-12-3-1-2-4-14(12)17-15(11)13;;;;/h1-8H;3*1H;/q;;;;+3/p-3. The van der Waals surface area contributed by atoms with Crippen LogP contribution in [0.4, 0.5) is 0 Å². The van der Waals surface area contributed by atoms with Crippen LogP contribution >= 0.6 is 27.3 Å². The molecule has 0 N–H and O–H groups in total. The van der Waals surface area contributed by atoms with Crippen LogP contribution in [0.2, 0.25) is 3.63 Å². The molecule has 1 heterocycles. The fraction of sp³-hybridized carbons (Fsp3) is 0.0667. The molecule has 0 radical (unpaired) electrons. The van der Waals surface area contributed by atoms with Gasteiger partial charge in [-0.2, -0.15) is 0 Å². The largest absolute Gasteiger partial charge is 1.00 e. The third-order valence-electron chi connectivity index (χ3n) is 3.49. The molecule has 1 atom stereocenters. The van der Waals surface area contributed by atoms with Crippen LogP contribution in [0.5, 0.6) is 0 Å². The maximum atomic E-state index is 3.67.